The van der Waals surface area contributed by atoms with Crippen LogP contribution in [0.15, 0.2) is 97.2 Å². The van der Waals surface area contributed by atoms with Gasteiger partial charge in [-0.1, -0.05) is 246 Å². The number of allylic oxidation sites excluding steroid dienone is 16. The molecule has 0 aromatic heterocycles. The Hall–Kier alpha value is -3.67. The summed E-state index contributed by atoms with van der Waals surface area (Å²) in [6.45, 7) is 6.42. The summed E-state index contributed by atoms with van der Waals surface area (Å²) in [5.74, 6) is -1.00. The van der Waals surface area contributed by atoms with Gasteiger partial charge in [0.25, 0.3) is 0 Å². The molecule has 0 aromatic carbocycles. The third-order valence-corrected chi connectivity index (χ3v) is 11.6. The molecule has 6 nitrogen and oxygen atoms in total. The molecule has 0 fully saturated rings. The number of hydrogen-bond donors (Lipinski definition) is 0. The second-order valence-electron chi connectivity index (χ2n) is 18.1. The summed E-state index contributed by atoms with van der Waals surface area (Å²) in [7, 11) is 0. The molecule has 67 heavy (non-hydrogen) atoms. The number of carbonyl (C=O) groups excluding carboxylic acids is 3. The number of carbonyl (C=O) groups is 3. The van der Waals surface area contributed by atoms with Gasteiger partial charge in [-0.15, -0.1) is 0 Å². The van der Waals surface area contributed by atoms with Crippen molar-refractivity contribution < 1.29 is 28.6 Å². The number of rotatable bonds is 49. The van der Waals surface area contributed by atoms with Gasteiger partial charge in [-0.2, -0.15) is 0 Å². The second kappa shape index (κ2) is 54.9. The molecule has 0 aromatic rings. The van der Waals surface area contributed by atoms with E-state index in [-0.39, 0.29) is 37.5 Å². The van der Waals surface area contributed by atoms with Crippen LogP contribution in [0, 0.1) is 0 Å². The molecule has 0 radical (unpaired) electrons. The Morgan fingerprint density at radius 2 is 0.627 bits per heavy atom. The fourth-order valence-electron chi connectivity index (χ4n) is 7.43. The molecular weight excluding hydrogens is 829 g/mol. The minimum absolute atomic E-state index is 0.107. The molecule has 0 saturated carbocycles. The van der Waals surface area contributed by atoms with Crippen molar-refractivity contribution in [1.29, 1.82) is 0 Å². The van der Waals surface area contributed by atoms with Crippen LogP contribution in [0.4, 0.5) is 0 Å². The number of hydrogen-bond acceptors (Lipinski definition) is 6. The largest absolute Gasteiger partial charge is 0.462 e. The summed E-state index contributed by atoms with van der Waals surface area (Å²) < 4.78 is 16.8. The second-order valence-corrected chi connectivity index (χ2v) is 18.1. The van der Waals surface area contributed by atoms with E-state index in [1.807, 2.05) is 6.08 Å². The number of ether oxygens (including phenoxy) is 3. The van der Waals surface area contributed by atoms with Gasteiger partial charge in [-0.05, 0) is 83.5 Å². The van der Waals surface area contributed by atoms with Gasteiger partial charge in [0.05, 0.1) is 0 Å². The van der Waals surface area contributed by atoms with Crippen molar-refractivity contribution in [2.75, 3.05) is 13.2 Å². The smallest absolute Gasteiger partial charge is 0.306 e. The monoisotopic (exact) mass is 931 g/mol. The molecule has 0 N–H and O–H groups in total. The van der Waals surface area contributed by atoms with E-state index >= 15 is 0 Å². The summed E-state index contributed by atoms with van der Waals surface area (Å²) in [5, 5.41) is 0. The Kier molecular flexibility index (Phi) is 51.9. The van der Waals surface area contributed by atoms with Crippen LogP contribution >= 0.6 is 0 Å². The Morgan fingerprint density at radius 1 is 0.313 bits per heavy atom. The van der Waals surface area contributed by atoms with Crippen molar-refractivity contribution in [2.24, 2.45) is 0 Å². The summed E-state index contributed by atoms with van der Waals surface area (Å²) in [6, 6.07) is 0. The summed E-state index contributed by atoms with van der Waals surface area (Å²) in [5.41, 5.74) is 0. The normalized spacial score (nSPS) is 12.8. The van der Waals surface area contributed by atoms with Crippen LogP contribution in [0.25, 0.3) is 0 Å². The molecule has 1 atom stereocenters. The molecule has 0 aliphatic heterocycles. The van der Waals surface area contributed by atoms with E-state index in [9.17, 15) is 14.4 Å². The highest BCUT2D eigenvalue weighted by Crippen LogP contribution is 2.15. The molecule has 0 aliphatic carbocycles. The standard InChI is InChI=1S/C61H102O6/c1-4-7-10-13-16-19-22-25-28-30-31-32-34-36-39-42-45-48-51-54-60(63)66-57-58(56-65-59(62)53-50-47-44-41-38-35-27-24-21-18-15-12-9-6-3)67-61(64)55-52-49-46-43-40-37-33-29-26-23-20-17-14-11-8-5-2/h7,10,15-16,18-19,24-25,27-28,31-32,36,39,45,48,58H,4-6,8-9,11-14,17,20-23,26,29-30,33-35,37-38,40-44,46-47,49-57H2,1-3H3/b10-7-,18-15-,19-16-,27-24-,28-25-,32-31-,39-36-,48-45-. The van der Waals surface area contributed by atoms with Crippen molar-refractivity contribution in [3.05, 3.63) is 97.2 Å². The molecule has 1 unspecified atom stereocenters. The van der Waals surface area contributed by atoms with E-state index in [0.29, 0.717) is 19.3 Å². The van der Waals surface area contributed by atoms with Crippen LogP contribution in [0.2, 0.25) is 0 Å². The third kappa shape index (κ3) is 53.2. The lowest BCUT2D eigenvalue weighted by molar-refractivity contribution is -0.166. The van der Waals surface area contributed by atoms with E-state index in [1.165, 1.54) is 103 Å². The predicted molar refractivity (Wildman–Crippen MR) is 288 cm³/mol. The Labute approximate surface area is 413 Å². The van der Waals surface area contributed by atoms with Gasteiger partial charge in [-0.25, -0.2) is 0 Å². The number of esters is 3. The van der Waals surface area contributed by atoms with E-state index in [2.05, 4.69) is 112 Å². The molecule has 0 aliphatic rings. The molecule has 382 valence electrons. The topological polar surface area (TPSA) is 78.9 Å². The first kappa shape index (κ1) is 63.3. The molecule has 0 spiro atoms. The summed E-state index contributed by atoms with van der Waals surface area (Å²) in [4.78, 5) is 38.1. The van der Waals surface area contributed by atoms with Crippen LogP contribution in [0.3, 0.4) is 0 Å². The lowest BCUT2D eigenvalue weighted by Gasteiger charge is -2.18. The van der Waals surface area contributed by atoms with Gasteiger partial charge in [0, 0.05) is 19.3 Å². The molecule has 0 amide bonds. The highest BCUT2D eigenvalue weighted by Gasteiger charge is 2.19. The highest BCUT2D eigenvalue weighted by molar-refractivity contribution is 5.71. The minimum atomic E-state index is -0.813. The zero-order chi connectivity index (χ0) is 48.6. The first-order valence-corrected chi connectivity index (χ1v) is 27.7. The molecule has 0 rings (SSSR count). The Morgan fingerprint density at radius 3 is 1.04 bits per heavy atom. The van der Waals surface area contributed by atoms with Crippen LogP contribution in [-0.4, -0.2) is 37.2 Å². The van der Waals surface area contributed by atoms with Crippen molar-refractivity contribution in [2.45, 2.75) is 258 Å². The summed E-state index contributed by atoms with van der Waals surface area (Å²) in [6.07, 6.45) is 72.6. The maximum absolute atomic E-state index is 12.8. The fraction of sp³-hybridized carbons (Fsp3) is 0.689. The van der Waals surface area contributed by atoms with Crippen molar-refractivity contribution in [3.8, 4) is 0 Å². The molecular formula is C61H102O6. The fourth-order valence-corrected chi connectivity index (χ4v) is 7.43. The van der Waals surface area contributed by atoms with Gasteiger partial charge in [0.1, 0.15) is 13.2 Å². The van der Waals surface area contributed by atoms with E-state index in [0.717, 1.165) is 103 Å². The SMILES string of the molecule is CC/C=C\C/C=C\C/C=C\C/C=C\C/C=C\C/C=C\CCC(=O)OCC(COC(=O)CCCCCCC/C=C\C/C=C\CCCC)OC(=O)CCCCCCCCCCCCCCCCCC. The summed E-state index contributed by atoms with van der Waals surface area (Å²) >= 11 is 0. The lowest BCUT2D eigenvalue weighted by atomic mass is 10.0. The quantitative estimate of drug-likeness (QED) is 0.0262. The maximum Gasteiger partial charge on any atom is 0.306 e. The van der Waals surface area contributed by atoms with Crippen LogP contribution < -0.4 is 0 Å². The Balaban J connectivity index is 4.51. The van der Waals surface area contributed by atoms with E-state index < -0.39 is 6.10 Å². The van der Waals surface area contributed by atoms with Crippen LogP contribution in [0.1, 0.15) is 252 Å². The average molecular weight is 931 g/mol. The molecule has 6 heteroatoms. The first-order valence-electron chi connectivity index (χ1n) is 27.7. The van der Waals surface area contributed by atoms with Crippen molar-refractivity contribution in [1.82, 2.24) is 0 Å². The van der Waals surface area contributed by atoms with Crippen LogP contribution in [-0.2, 0) is 28.6 Å². The maximum atomic E-state index is 12.8. The zero-order valence-electron chi connectivity index (χ0n) is 43.6. The van der Waals surface area contributed by atoms with E-state index in [4.69, 9.17) is 14.2 Å². The van der Waals surface area contributed by atoms with Gasteiger partial charge in [-0.3, -0.25) is 14.4 Å². The highest BCUT2D eigenvalue weighted by atomic mass is 16.6. The van der Waals surface area contributed by atoms with Crippen molar-refractivity contribution in [3.63, 3.8) is 0 Å². The first-order chi connectivity index (χ1) is 33.0. The molecule has 0 heterocycles. The van der Waals surface area contributed by atoms with Gasteiger partial charge in [0.2, 0.25) is 0 Å². The minimum Gasteiger partial charge on any atom is -0.462 e. The molecule has 0 bridgehead atoms. The zero-order valence-corrected chi connectivity index (χ0v) is 43.6. The predicted octanol–water partition coefficient (Wildman–Crippen LogP) is 18.5. The Bertz CT molecular complexity index is 1350. The molecule has 0 saturated heterocycles. The van der Waals surface area contributed by atoms with Gasteiger partial charge < -0.3 is 14.2 Å². The van der Waals surface area contributed by atoms with Crippen LogP contribution in [0.5, 0.6) is 0 Å². The van der Waals surface area contributed by atoms with Gasteiger partial charge in [0.15, 0.2) is 6.10 Å². The van der Waals surface area contributed by atoms with E-state index in [1.54, 1.807) is 0 Å². The third-order valence-electron chi connectivity index (χ3n) is 11.6. The average Bonchev–Trinajstić information content (AvgIpc) is 3.33. The lowest BCUT2D eigenvalue weighted by Crippen LogP contribution is -2.30. The van der Waals surface area contributed by atoms with Gasteiger partial charge >= 0.3 is 17.9 Å². The number of unbranched alkanes of at least 4 members (excludes halogenated alkanes) is 22. The van der Waals surface area contributed by atoms with Crippen molar-refractivity contribution >= 4 is 17.9 Å².